The minimum absolute atomic E-state index is 0.0477. The zero-order valence-electron chi connectivity index (χ0n) is 17.3. The molecule has 0 spiro atoms. The topological polar surface area (TPSA) is 61.4 Å². The van der Waals surface area contributed by atoms with Crippen molar-refractivity contribution in [3.8, 4) is 0 Å². The molecular formula is C23H31N3O2. The van der Waals surface area contributed by atoms with E-state index in [1.807, 2.05) is 30.3 Å². The molecule has 0 atom stereocenters. The molecule has 0 bridgehead atoms. The maximum atomic E-state index is 12.1. The first-order valence-corrected chi connectivity index (χ1v) is 9.73. The van der Waals surface area contributed by atoms with Gasteiger partial charge in [0.05, 0.1) is 0 Å². The summed E-state index contributed by atoms with van der Waals surface area (Å²) in [6.07, 6.45) is 1.09. The van der Waals surface area contributed by atoms with E-state index in [1.165, 1.54) is 22.3 Å². The van der Waals surface area contributed by atoms with Gasteiger partial charge in [0.25, 0.3) is 0 Å². The van der Waals surface area contributed by atoms with E-state index < -0.39 is 0 Å². The van der Waals surface area contributed by atoms with Crippen LogP contribution in [0.15, 0.2) is 42.5 Å². The van der Waals surface area contributed by atoms with Gasteiger partial charge in [-0.3, -0.25) is 4.79 Å². The summed E-state index contributed by atoms with van der Waals surface area (Å²) in [5.74, 6) is -0.0477. The minimum Gasteiger partial charge on any atom is -0.356 e. The van der Waals surface area contributed by atoms with Gasteiger partial charge in [0.1, 0.15) is 0 Å². The fraction of sp³-hybridized carbons (Fsp3) is 0.391. The monoisotopic (exact) mass is 381 g/mol. The second-order valence-electron chi connectivity index (χ2n) is 7.30. The summed E-state index contributed by atoms with van der Waals surface area (Å²) in [5, 5.41) is 5.73. The predicted octanol–water partition coefficient (Wildman–Crippen LogP) is 3.50. The highest BCUT2D eigenvalue weighted by Gasteiger charge is 2.10. The zero-order chi connectivity index (χ0) is 20.5. The average Bonchev–Trinajstić information content (AvgIpc) is 2.64. The smallest absolute Gasteiger partial charge is 0.317 e. The van der Waals surface area contributed by atoms with E-state index in [0.29, 0.717) is 19.6 Å². The molecule has 0 aliphatic heterocycles. The number of nitrogens with one attached hydrogen (secondary N) is 2. The summed E-state index contributed by atoms with van der Waals surface area (Å²) < 4.78 is 0. The van der Waals surface area contributed by atoms with Gasteiger partial charge in [0, 0.05) is 33.1 Å². The number of rotatable bonds is 8. The summed E-state index contributed by atoms with van der Waals surface area (Å²) in [6.45, 7) is 7.78. The van der Waals surface area contributed by atoms with Gasteiger partial charge in [-0.05, 0) is 49.4 Å². The molecule has 0 saturated carbocycles. The Hall–Kier alpha value is -2.82. The lowest BCUT2D eigenvalue weighted by Gasteiger charge is -2.18. The Labute approximate surface area is 168 Å². The molecule has 0 saturated heterocycles. The van der Waals surface area contributed by atoms with Crippen molar-refractivity contribution in [1.29, 1.82) is 0 Å². The molecule has 28 heavy (non-hydrogen) atoms. The Kier molecular flexibility index (Phi) is 8.05. The summed E-state index contributed by atoms with van der Waals surface area (Å²) in [6, 6.07) is 14.0. The lowest BCUT2D eigenvalue weighted by molar-refractivity contribution is -0.120. The first-order chi connectivity index (χ1) is 13.4. The third-order valence-electron chi connectivity index (χ3n) is 4.78. The minimum atomic E-state index is -0.178. The standard InChI is InChI=1S/C23H31N3O2/c1-17-14-18(2)21(19(3)15-17)10-12-24-22(27)11-13-25-23(28)26(4)16-20-8-6-5-7-9-20/h5-9,14-15H,10-13,16H2,1-4H3,(H,24,27)(H,25,28). The van der Waals surface area contributed by atoms with E-state index in [9.17, 15) is 9.59 Å². The summed E-state index contributed by atoms with van der Waals surface area (Å²) in [5.41, 5.74) is 6.15. The van der Waals surface area contributed by atoms with E-state index in [4.69, 9.17) is 0 Å². The van der Waals surface area contributed by atoms with Crippen molar-refractivity contribution < 1.29 is 9.59 Å². The van der Waals surface area contributed by atoms with Crippen LogP contribution in [0.3, 0.4) is 0 Å². The first kappa shape index (κ1) is 21.5. The van der Waals surface area contributed by atoms with Crippen LogP contribution in [0.4, 0.5) is 4.79 Å². The average molecular weight is 382 g/mol. The largest absolute Gasteiger partial charge is 0.356 e. The Balaban J connectivity index is 1.66. The molecule has 0 aromatic heterocycles. The molecule has 0 heterocycles. The Morgan fingerprint density at radius 3 is 2.21 bits per heavy atom. The van der Waals surface area contributed by atoms with Crippen molar-refractivity contribution in [2.24, 2.45) is 0 Å². The van der Waals surface area contributed by atoms with Gasteiger partial charge < -0.3 is 15.5 Å². The highest BCUT2D eigenvalue weighted by atomic mass is 16.2. The van der Waals surface area contributed by atoms with Gasteiger partial charge in [0.2, 0.25) is 5.91 Å². The molecular weight excluding hydrogens is 350 g/mol. The van der Waals surface area contributed by atoms with E-state index in [-0.39, 0.29) is 18.4 Å². The van der Waals surface area contributed by atoms with Crippen molar-refractivity contribution in [1.82, 2.24) is 15.5 Å². The molecule has 0 fully saturated rings. The van der Waals surface area contributed by atoms with Gasteiger partial charge in [-0.1, -0.05) is 48.0 Å². The SMILES string of the molecule is Cc1cc(C)c(CCNC(=O)CCNC(=O)N(C)Cc2ccccc2)c(C)c1. The Morgan fingerprint density at radius 2 is 1.57 bits per heavy atom. The van der Waals surface area contributed by atoms with Crippen molar-refractivity contribution in [2.45, 2.75) is 40.2 Å². The van der Waals surface area contributed by atoms with Crippen LogP contribution in [0.5, 0.6) is 0 Å². The molecule has 2 N–H and O–H groups in total. The summed E-state index contributed by atoms with van der Waals surface area (Å²) in [4.78, 5) is 25.7. The molecule has 0 radical (unpaired) electrons. The molecule has 5 heteroatoms. The van der Waals surface area contributed by atoms with E-state index >= 15 is 0 Å². The van der Waals surface area contributed by atoms with Gasteiger partial charge in [-0.2, -0.15) is 0 Å². The second-order valence-corrected chi connectivity index (χ2v) is 7.30. The molecule has 2 aromatic rings. The molecule has 0 unspecified atom stereocenters. The molecule has 150 valence electrons. The van der Waals surface area contributed by atoms with Crippen LogP contribution in [-0.4, -0.2) is 37.0 Å². The van der Waals surface area contributed by atoms with Crippen LogP contribution in [0, 0.1) is 20.8 Å². The Bertz CT molecular complexity index is 780. The van der Waals surface area contributed by atoms with E-state index in [1.54, 1.807) is 11.9 Å². The Morgan fingerprint density at radius 1 is 0.929 bits per heavy atom. The van der Waals surface area contributed by atoms with Gasteiger partial charge >= 0.3 is 6.03 Å². The lowest BCUT2D eigenvalue weighted by Crippen LogP contribution is -2.39. The van der Waals surface area contributed by atoms with Crippen LogP contribution in [-0.2, 0) is 17.8 Å². The van der Waals surface area contributed by atoms with Crippen LogP contribution in [0.25, 0.3) is 0 Å². The number of benzene rings is 2. The maximum absolute atomic E-state index is 12.1. The third-order valence-corrected chi connectivity index (χ3v) is 4.78. The maximum Gasteiger partial charge on any atom is 0.317 e. The number of urea groups is 1. The van der Waals surface area contributed by atoms with Gasteiger partial charge in [-0.15, -0.1) is 0 Å². The van der Waals surface area contributed by atoms with Gasteiger partial charge in [-0.25, -0.2) is 4.79 Å². The highest BCUT2D eigenvalue weighted by Crippen LogP contribution is 2.16. The normalized spacial score (nSPS) is 10.4. The van der Waals surface area contributed by atoms with Crippen LogP contribution < -0.4 is 10.6 Å². The van der Waals surface area contributed by atoms with Crippen molar-refractivity contribution in [2.75, 3.05) is 20.1 Å². The number of carbonyl (C=O) groups is 2. The fourth-order valence-corrected chi connectivity index (χ4v) is 3.37. The molecule has 3 amide bonds. The fourth-order valence-electron chi connectivity index (χ4n) is 3.37. The number of aryl methyl sites for hydroxylation is 3. The number of nitrogens with zero attached hydrogens (tertiary/aromatic N) is 1. The van der Waals surface area contributed by atoms with Crippen molar-refractivity contribution in [3.63, 3.8) is 0 Å². The molecule has 2 aromatic carbocycles. The zero-order valence-corrected chi connectivity index (χ0v) is 17.3. The molecule has 0 aliphatic carbocycles. The summed E-state index contributed by atoms with van der Waals surface area (Å²) in [7, 11) is 1.74. The van der Waals surface area contributed by atoms with E-state index in [2.05, 4.69) is 43.5 Å². The van der Waals surface area contributed by atoms with Gasteiger partial charge in [0.15, 0.2) is 0 Å². The van der Waals surface area contributed by atoms with Crippen molar-refractivity contribution >= 4 is 11.9 Å². The lowest BCUT2D eigenvalue weighted by atomic mass is 9.97. The predicted molar refractivity (Wildman–Crippen MR) is 113 cm³/mol. The quantitative estimate of drug-likeness (QED) is 0.735. The third kappa shape index (κ3) is 6.72. The van der Waals surface area contributed by atoms with Crippen LogP contribution >= 0.6 is 0 Å². The first-order valence-electron chi connectivity index (χ1n) is 9.73. The number of hydrogen-bond donors (Lipinski definition) is 2. The van der Waals surface area contributed by atoms with Crippen LogP contribution in [0.2, 0.25) is 0 Å². The molecule has 0 aliphatic rings. The number of carbonyl (C=O) groups excluding carboxylic acids is 2. The van der Waals surface area contributed by atoms with E-state index in [0.717, 1.165) is 12.0 Å². The highest BCUT2D eigenvalue weighted by molar-refractivity contribution is 5.78. The second kappa shape index (κ2) is 10.5. The van der Waals surface area contributed by atoms with Crippen LogP contribution in [0.1, 0.15) is 34.2 Å². The van der Waals surface area contributed by atoms with Crippen molar-refractivity contribution in [3.05, 3.63) is 70.3 Å². The molecule has 5 nitrogen and oxygen atoms in total. The molecule has 2 rings (SSSR count). The number of amides is 3. The number of hydrogen-bond acceptors (Lipinski definition) is 2. The summed E-state index contributed by atoms with van der Waals surface area (Å²) >= 11 is 0.